The second-order valence-corrected chi connectivity index (χ2v) is 5.12. The molecule has 1 saturated heterocycles. The average Bonchev–Trinajstić information content (AvgIpc) is 2.36. The Hall–Kier alpha value is -1.49. The van der Waals surface area contributed by atoms with Crippen LogP contribution in [0.25, 0.3) is 0 Å². The first-order chi connectivity index (χ1) is 9.04. The Kier molecular flexibility index (Phi) is 4.47. The van der Waals surface area contributed by atoms with Gasteiger partial charge in [-0.1, -0.05) is 0 Å². The molecule has 0 saturated carbocycles. The van der Waals surface area contributed by atoms with E-state index in [0.717, 1.165) is 38.1 Å². The number of halogens is 2. The molecular weight excluding hydrogens is 250 g/mol. The Bertz CT molecular complexity index is 457. The zero-order valence-corrected chi connectivity index (χ0v) is 11.0. The van der Waals surface area contributed by atoms with Crippen molar-refractivity contribution >= 4 is 11.6 Å². The van der Waals surface area contributed by atoms with Gasteiger partial charge in [0.15, 0.2) is 0 Å². The van der Waals surface area contributed by atoms with Crippen LogP contribution in [0.15, 0.2) is 18.2 Å². The fraction of sp³-hybridized carbons (Fsp3) is 0.500. The Balaban J connectivity index is 1.87. The predicted octanol–water partition coefficient (Wildman–Crippen LogP) is 2.64. The summed E-state index contributed by atoms with van der Waals surface area (Å²) in [5, 5.41) is 2.50. The summed E-state index contributed by atoms with van der Waals surface area (Å²) in [7, 11) is 2.06. The molecule has 19 heavy (non-hydrogen) atoms. The predicted molar refractivity (Wildman–Crippen MR) is 69.8 cm³/mol. The molecule has 1 aliphatic heterocycles. The molecule has 5 heteroatoms. The van der Waals surface area contributed by atoms with Crippen LogP contribution < -0.4 is 5.32 Å². The SMILES string of the molecule is CN1CCC(CC(=O)Nc2ccc(F)cc2F)CC1. The fourth-order valence-electron chi connectivity index (χ4n) is 2.32. The summed E-state index contributed by atoms with van der Waals surface area (Å²) >= 11 is 0. The monoisotopic (exact) mass is 268 g/mol. The molecule has 1 fully saturated rings. The highest BCUT2D eigenvalue weighted by atomic mass is 19.1. The number of carbonyl (C=O) groups is 1. The number of piperidine rings is 1. The topological polar surface area (TPSA) is 32.3 Å². The van der Waals surface area contributed by atoms with E-state index in [2.05, 4.69) is 17.3 Å². The van der Waals surface area contributed by atoms with Crippen LogP contribution in [0.1, 0.15) is 19.3 Å². The third-order valence-corrected chi connectivity index (χ3v) is 3.52. The highest BCUT2D eigenvalue weighted by Gasteiger charge is 2.20. The Morgan fingerprint density at radius 3 is 2.68 bits per heavy atom. The van der Waals surface area contributed by atoms with Gasteiger partial charge in [0.25, 0.3) is 0 Å². The van der Waals surface area contributed by atoms with Gasteiger partial charge in [-0.25, -0.2) is 8.78 Å². The molecule has 3 nitrogen and oxygen atoms in total. The van der Waals surface area contributed by atoms with Crippen molar-refractivity contribution in [1.29, 1.82) is 0 Å². The lowest BCUT2D eigenvalue weighted by atomic mass is 9.93. The number of likely N-dealkylation sites (tertiary alicyclic amines) is 1. The summed E-state index contributed by atoms with van der Waals surface area (Å²) in [5.74, 6) is -1.25. The van der Waals surface area contributed by atoms with E-state index in [1.165, 1.54) is 6.07 Å². The molecule has 1 amide bonds. The highest BCUT2D eigenvalue weighted by Crippen LogP contribution is 2.21. The van der Waals surface area contributed by atoms with Crippen LogP contribution in [-0.4, -0.2) is 30.9 Å². The van der Waals surface area contributed by atoms with Crippen LogP contribution >= 0.6 is 0 Å². The van der Waals surface area contributed by atoms with Gasteiger partial charge in [-0.05, 0) is 51.0 Å². The summed E-state index contributed by atoms with van der Waals surface area (Å²) in [6.45, 7) is 1.98. The minimum Gasteiger partial charge on any atom is -0.324 e. The van der Waals surface area contributed by atoms with Crippen LogP contribution in [0.2, 0.25) is 0 Å². The molecule has 0 radical (unpaired) electrons. The van der Waals surface area contributed by atoms with Gasteiger partial charge in [0, 0.05) is 12.5 Å². The van der Waals surface area contributed by atoms with Crippen LogP contribution in [-0.2, 0) is 4.79 Å². The number of hydrogen-bond acceptors (Lipinski definition) is 2. The molecule has 0 spiro atoms. The van der Waals surface area contributed by atoms with Crippen molar-refractivity contribution in [2.45, 2.75) is 19.3 Å². The first-order valence-corrected chi connectivity index (χ1v) is 6.48. The van der Waals surface area contributed by atoms with Crippen molar-refractivity contribution in [3.8, 4) is 0 Å². The summed E-state index contributed by atoms with van der Waals surface area (Å²) in [5.41, 5.74) is 0.0410. The van der Waals surface area contributed by atoms with E-state index in [4.69, 9.17) is 0 Å². The maximum atomic E-state index is 13.4. The standard InChI is InChI=1S/C14H18F2N2O/c1-18-6-4-10(5-7-18)8-14(19)17-13-3-2-11(15)9-12(13)16/h2-3,9-10H,4-8H2,1H3,(H,17,19). The largest absolute Gasteiger partial charge is 0.324 e. The number of benzene rings is 1. The Labute approximate surface area is 111 Å². The van der Waals surface area contributed by atoms with Crippen molar-refractivity contribution in [3.05, 3.63) is 29.8 Å². The molecule has 0 unspecified atom stereocenters. The maximum Gasteiger partial charge on any atom is 0.224 e. The minimum atomic E-state index is -0.739. The number of amides is 1. The van der Waals surface area contributed by atoms with Crippen LogP contribution in [0.3, 0.4) is 0 Å². The molecule has 0 aromatic heterocycles. The molecule has 0 bridgehead atoms. The highest BCUT2D eigenvalue weighted by molar-refractivity contribution is 5.90. The van der Waals surface area contributed by atoms with E-state index in [-0.39, 0.29) is 11.6 Å². The van der Waals surface area contributed by atoms with E-state index in [1.807, 2.05) is 0 Å². The lowest BCUT2D eigenvalue weighted by Crippen LogP contribution is -2.32. The summed E-state index contributed by atoms with van der Waals surface area (Å²) in [6.07, 6.45) is 2.36. The Morgan fingerprint density at radius 2 is 2.05 bits per heavy atom. The van der Waals surface area contributed by atoms with Gasteiger partial charge in [-0.15, -0.1) is 0 Å². The lowest BCUT2D eigenvalue weighted by Gasteiger charge is -2.28. The van der Waals surface area contributed by atoms with Gasteiger partial charge in [-0.2, -0.15) is 0 Å². The van der Waals surface area contributed by atoms with Crippen LogP contribution in [0.5, 0.6) is 0 Å². The van der Waals surface area contributed by atoms with Gasteiger partial charge in [0.2, 0.25) is 5.91 Å². The van der Waals surface area contributed by atoms with Crippen molar-refractivity contribution < 1.29 is 13.6 Å². The van der Waals surface area contributed by atoms with Crippen molar-refractivity contribution in [3.63, 3.8) is 0 Å². The van der Waals surface area contributed by atoms with E-state index >= 15 is 0 Å². The molecule has 1 aromatic carbocycles. The first-order valence-electron chi connectivity index (χ1n) is 6.48. The summed E-state index contributed by atoms with van der Waals surface area (Å²) < 4.78 is 26.1. The van der Waals surface area contributed by atoms with E-state index in [0.29, 0.717) is 12.3 Å². The molecule has 1 aliphatic rings. The smallest absolute Gasteiger partial charge is 0.224 e. The molecule has 0 atom stereocenters. The minimum absolute atomic E-state index is 0.0410. The summed E-state index contributed by atoms with van der Waals surface area (Å²) in [6, 6.07) is 3.15. The zero-order valence-electron chi connectivity index (χ0n) is 11.0. The second-order valence-electron chi connectivity index (χ2n) is 5.12. The first kappa shape index (κ1) is 13.9. The number of nitrogens with one attached hydrogen (secondary N) is 1. The number of nitrogens with zero attached hydrogens (tertiary/aromatic N) is 1. The van der Waals surface area contributed by atoms with Crippen molar-refractivity contribution in [1.82, 2.24) is 4.90 Å². The lowest BCUT2D eigenvalue weighted by molar-refractivity contribution is -0.117. The van der Waals surface area contributed by atoms with Crippen LogP contribution in [0.4, 0.5) is 14.5 Å². The number of rotatable bonds is 3. The molecule has 1 aromatic rings. The maximum absolute atomic E-state index is 13.4. The van der Waals surface area contributed by atoms with Crippen molar-refractivity contribution in [2.24, 2.45) is 5.92 Å². The number of hydrogen-bond donors (Lipinski definition) is 1. The summed E-state index contributed by atoms with van der Waals surface area (Å²) in [4.78, 5) is 14.0. The molecule has 104 valence electrons. The number of anilines is 1. The fourth-order valence-corrected chi connectivity index (χ4v) is 2.32. The van der Waals surface area contributed by atoms with Crippen LogP contribution in [0, 0.1) is 17.6 Å². The molecule has 2 rings (SSSR count). The van der Waals surface area contributed by atoms with Gasteiger partial charge in [0.05, 0.1) is 5.69 Å². The van der Waals surface area contributed by atoms with Gasteiger partial charge >= 0.3 is 0 Å². The molecule has 1 N–H and O–H groups in total. The molecule has 1 heterocycles. The average molecular weight is 268 g/mol. The van der Waals surface area contributed by atoms with Gasteiger partial charge in [-0.3, -0.25) is 4.79 Å². The van der Waals surface area contributed by atoms with E-state index in [9.17, 15) is 13.6 Å². The Morgan fingerprint density at radius 1 is 1.37 bits per heavy atom. The van der Waals surface area contributed by atoms with E-state index in [1.54, 1.807) is 0 Å². The van der Waals surface area contributed by atoms with E-state index < -0.39 is 11.6 Å². The number of carbonyl (C=O) groups excluding carboxylic acids is 1. The molecule has 0 aliphatic carbocycles. The van der Waals surface area contributed by atoms with Gasteiger partial charge in [0.1, 0.15) is 11.6 Å². The molecular formula is C14H18F2N2O. The third kappa shape index (κ3) is 3.99. The quantitative estimate of drug-likeness (QED) is 0.914. The van der Waals surface area contributed by atoms with Crippen molar-refractivity contribution in [2.75, 3.05) is 25.5 Å². The third-order valence-electron chi connectivity index (χ3n) is 3.52. The normalized spacial score (nSPS) is 17.4. The van der Waals surface area contributed by atoms with Gasteiger partial charge < -0.3 is 10.2 Å². The zero-order chi connectivity index (χ0) is 13.8. The second kappa shape index (κ2) is 6.10.